The van der Waals surface area contributed by atoms with Crippen LogP contribution in [0, 0.1) is 47.5 Å². The molecule has 14 nitrogen and oxygen atoms in total. The van der Waals surface area contributed by atoms with E-state index in [0.29, 0.717) is 6.07 Å². The predicted molar refractivity (Wildman–Crippen MR) is 209 cm³/mol. The molecule has 8 N–H and O–H groups in total. The van der Waals surface area contributed by atoms with Crippen molar-refractivity contribution in [1.82, 2.24) is 20.6 Å². The minimum Gasteiger partial charge on any atom is -0.464 e. The molecule has 0 amide bonds. The van der Waals surface area contributed by atoms with E-state index in [1.807, 2.05) is 0 Å². The Morgan fingerprint density at radius 1 is 0.780 bits per heavy atom. The fourth-order valence-electron chi connectivity index (χ4n) is 5.40. The SMILES string of the molecule is C#C[C@]1(O)CNC(C)C1=O.COC(=O)c1nc(-c2cc(Br)c(F)cc2F)ccc1N.COC(=O)c1nc(-c2cc(C#C[C@]3(O)CNC(C)C3=O)c(F)cc2F)ccc1N. The number of ketones is 2. The molecule has 0 spiro atoms. The van der Waals surface area contributed by atoms with Crippen molar-refractivity contribution in [2.75, 3.05) is 38.8 Å². The normalized spacial score (nSPS) is 20.5. The highest BCUT2D eigenvalue weighted by atomic mass is 79.9. The van der Waals surface area contributed by atoms with E-state index < -0.39 is 58.2 Å². The molecule has 308 valence electrons. The van der Waals surface area contributed by atoms with E-state index in [2.05, 4.69) is 63.8 Å². The summed E-state index contributed by atoms with van der Waals surface area (Å²) < 4.78 is 64.8. The van der Waals surface area contributed by atoms with Crippen molar-refractivity contribution in [2.45, 2.75) is 37.1 Å². The van der Waals surface area contributed by atoms with Gasteiger partial charge < -0.3 is 41.8 Å². The first kappa shape index (κ1) is 45.5. The van der Waals surface area contributed by atoms with Gasteiger partial charge in [0.25, 0.3) is 0 Å². The van der Waals surface area contributed by atoms with E-state index in [1.165, 1.54) is 37.4 Å². The summed E-state index contributed by atoms with van der Waals surface area (Å²) in [5.74, 6) is 1.00. The molecule has 2 fully saturated rings. The van der Waals surface area contributed by atoms with Crippen LogP contribution in [0.1, 0.15) is 40.4 Å². The number of methoxy groups -OCH3 is 2. The summed E-state index contributed by atoms with van der Waals surface area (Å²) in [6.07, 6.45) is 4.96. The van der Waals surface area contributed by atoms with Crippen molar-refractivity contribution in [2.24, 2.45) is 0 Å². The minimum absolute atomic E-state index is 0.00564. The first-order valence-electron chi connectivity index (χ1n) is 17.0. The first-order chi connectivity index (χ1) is 27.7. The molecule has 0 bridgehead atoms. The standard InChI is InChI=1S/C20H17F2N3O4.C13H9BrF2N2O2.C7H9NO2/c1-10-18(26)20(28,9-24-10)6-5-11-7-12(14(22)8-13(11)21)16-4-3-15(23)17(25-16)19(27)29-2;1-20-13(19)12-10(17)2-3-11(18-12)6-4-7(14)9(16)5-8(6)15;1-3-7(10)4-8-5(2)6(7)9/h3-4,7-8,10,24,28H,9,23H2,1-2H3;2-5H,17H2,1H3;1,5,8,10H,4H2,2H3/t10?,20-;;5?,7-/m0.0/s1. The number of β-amino-alcohol motifs (C(OH)–C–C–N with tert-alkyl or cyclic N) is 2. The first-order valence-corrected chi connectivity index (χ1v) is 17.8. The van der Waals surface area contributed by atoms with Crippen molar-refractivity contribution >= 4 is 50.8 Å². The number of carbonyl (C=O) groups excluding carboxylic acids is 4. The molecular weight excluding hydrogens is 848 g/mol. The Bertz CT molecular complexity index is 2460. The number of halogens is 5. The Morgan fingerprint density at radius 3 is 1.63 bits per heavy atom. The number of nitrogens with zero attached hydrogens (tertiary/aromatic N) is 2. The Hall–Kier alpha value is -6.22. The highest BCUT2D eigenvalue weighted by molar-refractivity contribution is 9.10. The van der Waals surface area contributed by atoms with Gasteiger partial charge in [0, 0.05) is 36.3 Å². The van der Waals surface area contributed by atoms with Crippen LogP contribution >= 0.6 is 15.9 Å². The third-order valence-electron chi connectivity index (χ3n) is 8.80. The van der Waals surface area contributed by atoms with Gasteiger partial charge in [-0.15, -0.1) is 6.42 Å². The number of terminal acetylenes is 1. The summed E-state index contributed by atoms with van der Waals surface area (Å²) >= 11 is 2.97. The smallest absolute Gasteiger partial charge is 0.358 e. The van der Waals surface area contributed by atoms with Crippen molar-refractivity contribution in [3.63, 3.8) is 0 Å². The number of hydrogen-bond donors (Lipinski definition) is 6. The molecule has 0 saturated carbocycles. The number of anilines is 2. The number of ether oxygens (including phenoxy) is 2. The van der Waals surface area contributed by atoms with Crippen molar-refractivity contribution < 1.29 is 56.4 Å². The summed E-state index contributed by atoms with van der Waals surface area (Å²) in [7, 11) is 2.33. The van der Waals surface area contributed by atoms with Gasteiger partial charge in [-0.3, -0.25) is 9.59 Å². The molecule has 2 saturated heterocycles. The zero-order chi connectivity index (χ0) is 44.0. The molecule has 19 heteroatoms. The molecule has 2 aromatic heterocycles. The largest absolute Gasteiger partial charge is 0.464 e. The lowest BCUT2D eigenvalue weighted by Crippen LogP contribution is -2.37. The average Bonchev–Trinajstić information content (AvgIpc) is 3.63. The minimum atomic E-state index is -1.96. The van der Waals surface area contributed by atoms with Gasteiger partial charge in [0.05, 0.1) is 59.1 Å². The van der Waals surface area contributed by atoms with Crippen LogP contribution in [0.5, 0.6) is 0 Å². The monoisotopic (exact) mass is 882 g/mol. The molecular formula is C40H35BrF4N6O8. The van der Waals surface area contributed by atoms with Crippen LogP contribution in [0.4, 0.5) is 28.9 Å². The number of Topliss-reactive ketones (excluding diaryl/α,β-unsaturated/α-hetero) is 2. The van der Waals surface area contributed by atoms with Gasteiger partial charge in [-0.2, -0.15) is 0 Å². The van der Waals surface area contributed by atoms with Crippen LogP contribution in [-0.2, 0) is 19.1 Å². The van der Waals surface area contributed by atoms with E-state index >= 15 is 0 Å². The number of carbonyl (C=O) groups is 4. The molecule has 0 radical (unpaired) electrons. The molecule has 2 unspecified atom stereocenters. The van der Waals surface area contributed by atoms with Crippen molar-refractivity contribution in [3.05, 3.63) is 93.2 Å². The van der Waals surface area contributed by atoms with Crippen LogP contribution < -0.4 is 22.1 Å². The Labute approximate surface area is 342 Å². The summed E-state index contributed by atoms with van der Waals surface area (Å²) in [4.78, 5) is 54.2. The lowest BCUT2D eigenvalue weighted by atomic mass is 9.98. The average molecular weight is 884 g/mol. The second kappa shape index (κ2) is 18.6. The summed E-state index contributed by atoms with van der Waals surface area (Å²) in [5, 5.41) is 25.1. The molecule has 4 aromatic rings. The molecule has 2 aliphatic heterocycles. The molecule has 0 aliphatic carbocycles. The fraction of sp³-hybridized carbons (Fsp3) is 0.250. The molecule has 4 heterocycles. The van der Waals surface area contributed by atoms with E-state index in [9.17, 15) is 47.0 Å². The maximum Gasteiger partial charge on any atom is 0.358 e. The third kappa shape index (κ3) is 10.1. The third-order valence-corrected chi connectivity index (χ3v) is 9.41. The van der Waals surface area contributed by atoms with Gasteiger partial charge >= 0.3 is 11.9 Å². The van der Waals surface area contributed by atoms with Gasteiger partial charge in [-0.05, 0) is 66.2 Å². The molecule has 2 aliphatic rings. The number of benzene rings is 2. The Kier molecular flexibility index (Phi) is 14.3. The van der Waals surface area contributed by atoms with Gasteiger partial charge in [-0.1, -0.05) is 17.8 Å². The fourth-order valence-corrected chi connectivity index (χ4v) is 5.74. The molecule has 59 heavy (non-hydrogen) atoms. The van der Waals surface area contributed by atoms with Crippen LogP contribution in [0.2, 0.25) is 0 Å². The van der Waals surface area contributed by atoms with E-state index in [-0.39, 0.29) is 80.2 Å². The summed E-state index contributed by atoms with van der Waals surface area (Å²) in [6.45, 7) is 3.32. The summed E-state index contributed by atoms with van der Waals surface area (Å²) in [6, 6.07) is 8.30. The number of hydrogen-bond acceptors (Lipinski definition) is 14. The molecule has 6 rings (SSSR count). The van der Waals surface area contributed by atoms with Crippen molar-refractivity contribution in [3.8, 4) is 46.7 Å². The van der Waals surface area contributed by atoms with Gasteiger partial charge in [0.15, 0.2) is 34.2 Å². The zero-order valence-corrected chi connectivity index (χ0v) is 33.1. The van der Waals surface area contributed by atoms with Gasteiger partial charge in [-0.25, -0.2) is 37.1 Å². The highest BCUT2D eigenvalue weighted by Gasteiger charge is 2.43. The van der Waals surface area contributed by atoms with Gasteiger partial charge in [0.1, 0.15) is 23.3 Å². The number of aromatic nitrogens is 2. The van der Waals surface area contributed by atoms with E-state index in [1.54, 1.807) is 13.8 Å². The zero-order valence-electron chi connectivity index (χ0n) is 31.5. The van der Waals surface area contributed by atoms with E-state index in [4.69, 9.17) is 17.9 Å². The number of nitrogens with one attached hydrogen (secondary N) is 2. The van der Waals surface area contributed by atoms with Gasteiger partial charge in [0.2, 0.25) is 0 Å². The Morgan fingerprint density at radius 2 is 1.22 bits per heavy atom. The number of aliphatic hydroxyl groups is 2. The molecule has 4 atom stereocenters. The van der Waals surface area contributed by atoms with Crippen LogP contribution in [0.3, 0.4) is 0 Å². The maximum atomic E-state index is 14.4. The highest BCUT2D eigenvalue weighted by Crippen LogP contribution is 2.29. The molecule has 2 aromatic carbocycles. The maximum absolute atomic E-state index is 14.4. The summed E-state index contributed by atoms with van der Waals surface area (Å²) in [5.41, 5.74) is 7.40. The van der Waals surface area contributed by atoms with Crippen molar-refractivity contribution in [1.29, 1.82) is 0 Å². The lowest BCUT2D eigenvalue weighted by Gasteiger charge is -2.11. The topological polar surface area (TPSA) is 229 Å². The number of pyridine rings is 2. The van der Waals surface area contributed by atoms with Crippen LogP contribution in [0.15, 0.2) is 53.0 Å². The van der Waals surface area contributed by atoms with Crippen LogP contribution in [0.25, 0.3) is 22.5 Å². The number of nitrogens with two attached hydrogens (primary N) is 2. The Balaban J connectivity index is 0.000000220. The van der Waals surface area contributed by atoms with Crippen LogP contribution in [-0.4, -0.2) is 94.3 Å². The lowest BCUT2D eigenvalue weighted by molar-refractivity contribution is -0.129. The second-order valence-electron chi connectivity index (χ2n) is 12.9. The number of nitrogen functional groups attached to an aromatic ring is 2. The quantitative estimate of drug-likeness (QED) is 0.0750. The second-order valence-corrected chi connectivity index (χ2v) is 13.7. The number of esters is 2. The number of rotatable bonds is 4. The van der Waals surface area contributed by atoms with E-state index in [0.717, 1.165) is 19.2 Å². The predicted octanol–water partition coefficient (Wildman–Crippen LogP) is 3.11.